The fraction of sp³-hybridized carbons (Fsp3) is 0.692. The number of amides is 3. The van der Waals surface area contributed by atoms with Crippen molar-refractivity contribution < 1.29 is 23.9 Å². The molecule has 5 N–H and O–H groups in total. The maximum Gasteiger partial charge on any atom is 0.325 e. The molecule has 23 heavy (non-hydrogen) atoms. The number of methoxy groups -OCH3 is 1. The van der Waals surface area contributed by atoms with Crippen LogP contribution in [-0.2, 0) is 23.9 Å². The van der Waals surface area contributed by atoms with E-state index in [1.165, 1.54) is 14.0 Å². The predicted molar refractivity (Wildman–Crippen MR) is 86.6 cm³/mol. The summed E-state index contributed by atoms with van der Waals surface area (Å²) in [6.07, 6.45) is 2.42. The summed E-state index contributed by atoms with van der Waals surface area (Å²) in [5.74, 6) is -1.33. The molecule has 0 aromatic rings. The monoisotopic (exact) mass is 348 g/mol. The van der Waals surface area contributed by atoms with Gasteiger partial charge in [0, 0.05) is 0 Å². The van der Waals surface area contributed by atoms with Crippen molar-refractivity contribution in [3.05, 3.63) is 0 Å². The van der Waals surface area contributed by atoms with Crippen molar-refractivity contribution in [1.29, 1.82) is 0 Å². The molecule has 0 aromatic carbocycles. The molecule has 9 nitrogen and oxygen atoms in total. The highest BCUT2D eigenvalue weighted by Gasteiger charge is 2.20. The molecule has 0 unspecified atom stereocenters. The molecule has 0 radical (unpaired) electrons. The Hall–Kier alpha value is -1.81. The highest BCUT2D eigenvalue weighted by atomic mass is 32.2. The number of carbonyl (C=O) groups is 4. The van der Waals surface area contributed by atoms with Crippen LogP contribution >= 0.6 is 11.8 Å². The van der Waals surface area contributed by atoms with Gasteiger partial charge in [-0.15, -0.1) is 0 Å². The van der Waals surface area contributed by atoms with E-state index in [-0.39, 0.29) is 13.1 Å². The summed E-state index contributed by atoms with van der Waals surface area (Å²) in [6, 6.07) is -1.50. The minimum absolute atomic E-state index is 0.276. The van der Waals surface area contributed by atoms with Gasteiger partial charge in [0.1, 0.15) is 12.6 Å². The summed E-state index contributed by atoms with van der Waals surface area (Å²) in [4.78, 5) is 45.8. The molecule has 0 heterocycles. The van der Waals surface area contributed by atoms with Gasteiger partial charge in [-0.25, -0.2) is 0 Å². The number of rotatable bonds is 10. The lowest BCUT2D eigenvalue weighted by atomic mass is 10.2. The summed E-state index contributed by atoms with van der Waals surface area (Å²) in [5.41, 5.74) is 5.69. The summed E-state index contributed by atoms with van der Waals surface area (Å²) >= 11 is 1.58. The lowest BCUT2D eigenvalue weighted by Gasteiger charge is -2.17. The third kappa shape index (κ3) is 9.74. The second-order valence-electron chi connectivity index (χ2n) is 4.69. The minimum atomic E-state index is -0.823. The molecule has 132 valence electrons. The first-order valence-electron chi connectivity index (χ1n) is 6.97. The quantitative estimate of drug-likeness (QED) is 0.334. The Balaban J connectivity index is 4.08. The first kappa shape index (κ1) is 21.2. The van der Waals surface area contributed by atoms with E-state index in [0.29, 0.717) is 6.42 Å². The van der Waals surface area contributed by atoms with E-state index >= 15 is 0 Å². The topological polar surface area (TPSA) is 140 Å². The molecule has 0 rings (SSSR count). The molecule has 10 heteroatoms. The highest BCUT2D eigenvalue weighted by Crippen LogP contribution is 1.99. The Labute approximate surface area is 139 Å². The van der Waals surface area contributed by atoms with Crippen LogP contribution in [-0.4, -0.2) is 68.0 Å². The zero-order valence-electron chi connectivity index (χ0n) is 13.5. The van der Waals surface area contributed by atoms with Crippen LogP contribution in [0, 0.1) is 0 Å². The van der Waals surface area contributed by atoms with E-state index < -0.39 is 35.8 Å². The third-order valence-electron chi connectivity index (χ3n) is 2.80. The Morgan fingerprint density at radius 2 is 1.78 bits per heavy atom. The van der Waals surface area contributed by atoms with E-state index in [0.717, 1.165) is 5.75 Å². The minimum Gasteiger partial charge on any atom is -0.468 e. The fourth-order valence-electron chi connectivity index (χ4n) is 1.39. The Morgan fingerprint density at radius 1 is 1.13 bits per heavy atom. The smallest absolute Gasteiger partial charge is 0.325 e. The summed E-state index contributed by atoms with van der Waals surface area (Å²) < 4.78 is 4.36. The molecule has 0 aliphatic rings. The van der Waals surface area contributed by atoms with E-state index in [9.17, 15) is 19.2 Å². The van der Waals surface area contributed by atoms with Gasteiger partial charge in [-0.1, -0.05) is 0 Å². The van der Waals surface area contributed by atoms with Gasteiger partial charge in [0.2, 0.25) is 17.7 Å². The van der Waals surface area contributed by atoms with Crippen molar-refractivity contribution in [2.24, 2.45) is 5.73 Å². The third-order valence-corrected chi connectivity index (χ3v) is 3.45. The van der Waals surface area contributed by atoms with Gasteiger partial charge in [0.05, 0.1) is 19.7 Å². The zero-order valence-corrected chi connectivity index (χ0v) is 14.3. The van der Waals surface area contributed by atoms with Crippen molar-refractivity contribution in [3.8, 4) is 0 Å². The van der Waals surface area contributed by atoms with Crippen molar-refractivity contribution in [2.75, 3.05) is 32.2 Å². The molecule has 0 saturated carbocycles. The first-order valence-corrected chi connectivity index (χ1v) is 8.37. The molecule has 3 amide bonds. The average Bonchev–Trinajstić information content (AvgIpc) is 2.54. The SMILES string of the molecule is COC(=O)CNC(=O)CNC(=O)[C@H](C)NC(=O)[C@@H](N)CCSC. The van der Waals surface area contributed by atoms with Crippen LogP contribution in [0.2, 0.25) is 0 Å². The van der Waals surface area contributed by atoms with Crippen LogP contribution in [0.4, 0.5) is 0 Å². The van der Waals surface area contributed by atoms with Crippen molar-refractivity contribution in [2.45, 2.75) is 25.4 Å². The predicted octanol–water partition coefficient (Wildman–Crippen LogP) is -2.02. The van der Waals surface area contributed by atoms with Crippen LogP contribution in [0.25, 0.3) is 0 Å². The number of nitrogens with one attached hydrogen (secondary N) is 3. The van der Waals surface area contributed by atoms with Crippen molar-refractivity contribution in [1.82, 2.24) is 16.0 Å². The number of esters is 1. The number of thioether (sulfide) groups is 1. The first-order chi connectivity index (χ1) is 10.8. The van der Waals surface area contributed by atoms with E-state index in [2.05, 4.69) is 20.7 Å². The maximum atomic E-state index is 11.8. The summed E-state index contributed by atoms with van der Waals surface area (Å²) in [6.45, 7) is 0.900. The zero-order chi connectivity index (χ0) is 17.8. The van der Waals surface area contributed by atoms with Gasteiger partial charge >= 0.3 is 5.97 Å². The number of hydrogen-bond acceptors (Lipinski definition) is 7. The summed E-state index contributed by atoms with van der Waals surface area (Å²) in [5, 5.41) is 7.10. The van der Waals surface area contributed by atoms with Gasteiger partial charge < -0.3 is 26.4 Å². The molecule has 0 bridgehead atoms. The lowest BCUT2D eigenvalue weighted by Crippen LogP contribution is -2.51. The molecule has 0 saturated heterocycles. The van der Waals surface area contributed by atoms with Gasteiger partial charge in [-0.05, 0) is 25.4 Å². The van der Waals surface area contributed by atoms with Gasteiger partial charge in [-0.3, -0.25) is 19.2 Å². The molecular formula is C13H24N4O5S. The van der Waals surface area contributed by atoms with Crippen molar-refractivity contribution >= 4 is 35.5 Å². The number of ether oxygens (including phenoxy) is 1. The normalized spacial score (nSPS) is 12.7. The number of carbonyl (C=O) groups excluding carboxylic acids is 4. The maximum absolute atomic E-state index is 11.8. The molecule has 0 spiro atoms. The van der Waals surface area contributed by atoms with E-state index in [1.807, 2.05) is 6.26 Å². The number of hydrogen-bond donors (Lipinski definition) is 4. The van der Waals surface area contributed by atoms with E-state index in [4.69, 9.17) is 5.73 Å². The molecule has 0 aliphatic carbocycles. The van der Waals surface area contributed by atoms with Gasteiger partial charge in [0.15, 0.2) is 0 Å². The van der Waals surface area contributed by atoms with E-state index in [1.54, 1.807) is 11.8 Å². The van der Waals surface area contributed by atoms with Crippen LogP contribution in [0.3, 0.4) is 0 Å². The molecular weight excluding hydrogens is 324 g/mol. The largest absolute Gasteiger partial charge is 0.468 e. The molecule has 2 atom stereocenters. The van der Waals surface area contributed by atoms with Gasteiger partial charge in [0.25, 0.3) is 0 Å². The Kier molecular flexibility index (Phi) is 10.8. The summed E-state index contributed by atoms with van der Waals surface area (Å²) in [7, 11) is 1.20. The second kappa shape index (κ2) is 11.7. The van der Waals surface area contributed by atoms with Crippen LogP contribution in [0.1, 0.15) is 13.3 Å². The lowest BCUT2D eigenvalue weighted by molar-refractivity contribution is -0.141. The molecule has 0 aromatic heterocycles. The number of nitrogens with two attached hydrogens (primary N) is 1. The van der Waals surface area contributed by atoms with Crippen LogP contribution in [0.5, 0.6) is 0 Å². The highest BCUT2D eigenvalue weighted by molar-refractivity contribution is 7.98. The van der Waals surface area contributed by atoms with Crippen LogP contribution in [0.15, 0.2) is 0 Å². The standard InChI is InChI=1S/C13H24N4O5S/c1-8(17-13(21)9(14)4-5-23-3)12(20)16-6-10(18)15-7-11(19)22-2/h8-9H,4-7,14H2,1-3H3,(H,15,18)(H,16,20)(H,17,21)/t8-,9-/m0/s1. The Morgan fingerprint density at radius 3 is 2.35 bits per heavy atom. The average molecular weight is 348 g/mol. The second-order valence-corrected chi connectivity index (χ2v) is 5.67. The fourth-order valence-corrected chi connectivity index (χ4v) is 1.88. The van der Waals surface area contributed by atoms with Gasteiger partial charge in [-0.2, -0.15) is 11.8 Å². The molecule has 0 aliphatic heterocycles. The molecule has 0 fully saturated rings. The van der Waals surface area contributed by atoms with Crippen molar-refractivity contribution in [3.63, 3.8) is 0 Å². The van der Waals surface area contributed by atoms with Crippen LogP contribution < -0.4 is 21.7 Å². The Bertz CT molecular complexity index is 433.